The second kappa shape index (κ2) is 34.8. The molecule has 0 aliphatic heterocycles. The Labute approximate surface area is 356 Å². The number of benzene rings is 4. The van der Waals surface area contributed by atoms with Crippen LogP contribution in [0.2, 0.25) is 0 Å². The van der Waals surface area contributed by atoms with Gasteiger partial charge in [-0.15, -0.1) is 0 Å². The van der Waals surface area contributed by atoms with Crippen molar-refractivity contribution >= 4 is 66.0 Å². The molecule has 0 fully saturated rings. The van der Waals surface area contributed by atoms with E-state index in [0.717, 1.165) is 37.2 Å². The number of halogens is 1. The van der Waals surface area contributed by atoms with Crippen LogP contribution in [-0.4, -0.2) is 66.6 Å². The Hall–Kier alpha value is -4.41. The molecule has 0 aliphatic carbocycles. The minimum Gasteiger partial charge on any atom is 0 e. The van der Waals surface area contributed by atoms with Crippen LogP contribution in [0.4, 0.5) is 0 Å². The van der Waals surface area contributed by atoms with Gasteiger partial charge in [-0.1, -0.05) is 84.9 Å². The van der Waals surface area contributed by atoms with Crippen molar-refractivity contribution in [3.05, 3.63) is 182 Å². The number of hydrogen-bond acceptors (Lipinski definition) is 8. The number of rotatable bonds is 14. The largest absolute Gasteiger partial charge is 0 e. The number of aryl methyl sites for hydroxylation is 1. The summed E-state index contributed by atoms with van der Waals surface area (Å²) in [5.74, 6) is 0. The van der Waals surface area contributed by atoms with Gasteiger partial charge < -0.3 is 15.3 Å². The van der Waals surface area contributed by atoms with Gasteiger partial charge in [0.05, 0.1) is 55.1 Å². The van der Waals surface area contributed by atoms with E-state index in [1.165, 1.54) is 33.5 Å². The van der Waals surface area contributed by atoms with Crippen LogP contribution in [0, 0.1) is 0 Å². The molecular weight excluding hydrogens is 859 g/mol. The van der Waals surface area contributed by atoms with E-state index in [2.05, 4.69) is 160 Å². The fourth-order valence-electron chi connectivity index (χ4n) is 5.46. The van der Waals surface area contributed by atoms with Crippen molar-refractivity contribution in [3.8, 4) is 0 Å². The molecular formula is C45H54ClN4O4P2Ru+3. The zero-order chi connectivity index (χ0) is 41.8. The summed E-state index contributed by atoms with van der Waals surface area (Å²) >= 11 is 1.62. The second-order valence-corrected chi connectivity index (χ2v) is 17.1. The summed E-state index contributed by atoms with van der Waals surface area (Å²) < 4.78 is 0. The molecule has 0 saturated carbocycles. The van der Waals surface area contributed by atoms with Crippen molar-refractivity contribution in [2.45, 2.75) is 19.4 Å². The first-order valence-corrected chi connectivity index (χ1v) is 23.8. The summed E-state index contributed by atoms with van der Waals surface area (Å²) in [6, 6.07) is 55.9. The van der Waals surface area contributed by atoms with Gasteiger partial charge in [0.15, 0.2) is 0 Å². The van der Waals surface area contributed by atoms with Crippen molar-refractivity contribution < 1.29 is 37.9 Å². The molecule has 0 unspecified atom stereocenters. The fraction of sp³-hybridized carbons (Fsp3) is 0.178. The van der Waals surface area contributed by atoms with Crippen molar-refractivity contribution in [3.63, 3.8) is 0 Å². The third kappa shape index (κ3) is 22.2. The summed E-state index contributed by atoms with van der Waals surface area (Å²) in [5, 5.41) is 6.04. The van der Waals surface area contributed by atoms with Crippen LogP contribution < -0.4 is 27.0 Å². The molecule has 0 aliphatic rings. The van der Waals surface area contributed by atoms with Gasteiger partial charge in [-0.3, -0.25) is 21.7 Å². The van der Waals surface area contributed by atoms with E-state index in [4.69, 9.17) is 20.1 Å². The van der Waals surface area contributed by atoms with Crippen LogP contribution in [0.5, 0.6) is 0 Å². The number of pyridine rings is 2. The number of carbonyl (C=O) groups excluding carboxylic acids is 4. The van der Waals surface area contributed by atoms with Crippen molar-refractivity contribution in [1.82, 2.24) is 14.9 Å². The molecule has 0 atom stereocenters. The minimum atomic E-state index is -0.769. The van der Waals surface area contributed by atoms with Crippen molar-refractivity contribution in [2.24, 2.45) is 5.73 Å². The third-order valence-corrected chi connectivity index (χ3v) is 13.7. The first kappa shape index (κ1) is 50.6. The average molecular weight is 913 g/mol. The van der Waals surface area contributed by atoms with Gasteiger partial charge in [-0.05, 0) is 86.3 Å². The summed E-state index contributed by atoms with van der Waals surface area (Å²) in [4.78, 5) is 44.5. The van der Waals surface area contributed by atoms with Gasteiger partial charge >= 0.3 is 33.2 Å². The van der Waals surface area contributed by atoms with Gasteiger partial charge in [-0.2, -0.15) is 9.59 Å². The first-order chi connectivity index (χ1) is 28.1. The molecule has 300 valence electrons. The molecule has 12 heteroatoms. The quantitative estimate of drug-likeness (QED) is 0.0593. The average Bonchev–Trinajstić information content (AvgIpc) is 3.30. The third-order valence-electron chi connectivity index (χ3n) is 8.16. The zero-order valence-electron chi connectivity index (χ0n) is 32.1. The summed E-state index contributed by atoms with van der Waals surface area (Å²) in [6.07, 6.45) is 8.42. The number of nitrogens with two attached hydrogens (primary N) is 1. The van der Waals surface area contributed by atoms with Gasteiger partial charge in [0.25, 0.3) is 0 Å². The molecule has 6 rings (SSSR count). The maximum Gasteiger partial charge on any atom is 0 e. The second-order valence-electron chi connectivity index (χ2n) is 11.9. The van der Waals surface area contributed by atoms with Gasteiger partial charge in [0, 0.05) is 45.6 Å². The molecule has 0 bridgehead atoms. The predicted molar refractivity (Wildman–Crippen MR) is 240 cm³/mol. The van der Waals surface area contributed by atoms with E-state index in [-0.39, 0.29) is 7.58 Å². The normalized spacial score (nSPS) is 9.60. The number of aldehydes is 1. The molecule has 0 radical (unpaired) electrons. The fourth-order valence-corrected chi connectivity index (χ4v) is 10.9. The van der Waals surface area contributed by atoms with Crippen LogP contribution in [0.15, 0.2) is 170 Å². The van der Waals surface area contributed by atoms with E-state index in [9.17, 15) is 4.79 Å². The zero-order valence-corrected chi connectivity index (χ0v) is 36.7. The molecule has 8 nitrogen and oxygen atoms in total. The number of aromatic nitrogens is 2. The molecule has 0 spiro atoms. The van der Waals surface area contributed by atoms with Crippen LogP contribution >= 0.6 is 25.5 Å². The predicted octanol–water partition coefficient (Wildman–Crippen LogP) is 6.21. The summed E-state index contributed by atoms with van der Waals surface area (Å²) in [5.41, 5.74) is 7.21. The Balaban J connectivity index is 0.00000102. The topological polar surface area (TPSA) is 123 Å². The van der Waals surface area contributed by atoms with Crippen LogP contribution in [-0.2, 0) is 49.5 Å². The Morgan fingerprint density at radius 3 is 1.21 bits per heavy atom. The Bertz CT molecular complexity index is 1700. The monoisotopic (exact) mass is 913 g/mol. The Kier molecular flexibility index (Phi) is 30.9. The van der Waals surface area contributed by atoms with Gasteiger partial charge in [0.1, 0.15) is 6.29 Å². The van der Waals surface area contributed by atoms with Crippen molar-refractivity contribution in [1.29, 1.82) is 0 Å². The standard InChI is InChI=1S/C29H31NP2.C8H9NO.C6H8N2.CO2.CHO.ClH.Ru.H2.H/c1-30(22-24-31(26-14-6-2-7-15-26)27-16-8-3-9-17-27)23-25-32(28-18-10-4-11-19-28)29-20-12-5-13-21-29;10-7-3-5-8-4-1-2-6-9-8;7-5-6-3-1-2-4-8-6;2-1-3;1-2;;;;/h2-21H,22-25H2,1H3;1-2,4,6-7H,3,5H2;1-4H,5,7H2;;1H;1H;;1H;/q;;;;-1;;+3;;/p+1. The molecule has 2 heterocycles. The van der Waals surface area contributed by atoms with Crippen LogP contribution in [0.3, 0.4) is 0 Å². The van der Waals surface area contributed by atoms with E-state index >= 15 is 0 Å². The molecule has 57 heavy (non-hydrogen) atoms. The van der Waals surface area contributed by atoms with E-state index in [0.29, 0.717) is 13.0 Å². The van der Waals surface area contributed by atoms with E-state index < -0.39 is 15.8 Å². The van der Waals surface area contributed by atoms with E-state index in [1.54, 1.807) is 29.7 Å². The molecule has 2 aromatic heterocycles. The number of carbonyl (C=O) groups is 1. The number of nitrogens with zero attached hydrogens (tertiary/aromatic N) is 3. The molecule has 4 aromatic carbocycles. The maximum absolute atomic E-state index is 9.95. The van der Waals surface area contributed by atoms with Crippen molar-refractivity contribution in [2.75, 3.05) is 32.5 Å². The summed E-state index contributed by atoms with van der Waals surface area (Å²) in [7, 11) is 5.37. The SMILES string of the molecule is CN(CC[PH+](c1ccccc1)c1ccccc1)CC[PH+](c1ccccc1)c1ccccc1.NCc1ccccn1.O=C=O.O=CCCc1ccccn1.[CH-]=O.[Cl][RuH+2].[HH]. The Morgan fingerprint density at radius 2 is 0.947 bits per heavy atom. The first-order valence-electron chi connectivity index (χ1n) is 18.0. The summed E-state index contributed by atoms with van der Waals surface area (Å²) in [6.45, 7) is 6.05. The smallest absolute Gasteiger partial charge is 0 e. The maximum atomic E-state index is 9.95. The minimum absolute atomic E-state index is 0. The van der Waals surface area contributed by atoms with Gasteiger partial charge in [-0.25, -0.2) is 0 Å². The molecule has 2 N–H and O–H groups in total. The molecule has 0 saturated heterocycles. The molecule has 0 amide bonds. The molecule has 6 aromatic rings. The van der Waals surface area contributed by atoms with Gasteiger partial charge in [0.2, 0.25) is 0 Å². The van der Waals surface area contributed by atoms with Crippen LogP contribution in [0.1, 0.15) is 19.2 Å². The van der Waals surface area contributed by atoms with E-state index in [1.807, 2.05) is 36.4 Å². The van der Waals surface area contributed by atoms with Crippen LogP contribution in [0.25, 0.3) is 0 Å². The number of hydrogen-bond donors (Lipinski definition) is 1. The Morgan fingerprint density at radius 1 is 0.632 bits per heavy atom.